The van der Waals surface area contributed by atoms with E-state index in [-0.39, 0.29) is 28.8 Å². The molecule has 0 heterocycles. The van der Waals surface area contributed by atoms with Crippen LogP contribution in [0.1, 0.15) is 5.56 Å². The largest absolute Gasteiger partial charge is 0.484 e. The normalized spacial score (nSPS) is 10.5. The highest BCUT2D eigenvalue weighted by Gasteiger charge is 2.15. The second kappa shape index (κ2) is 5.55. The first-order valence-corrected chi connectivity index (χ1v) is 6.15. The average molecular weight is 301 g/mol. The summed E-state index contributed by atoms with van der Waals surface area (Å²) in [4.78, 5) is 0. The molecule has 19 heavy (non-hydrogen) atoms. The Bertz CT molecular complexity index is 620. The molecule has 100 valence electrons. The quantitative estimate of drug-likeness (QED) is 0.846. The van der Waals surface area contributed by atoms with Crippen LogP contribution >= 0.6 is 23.2 Å². The molecule has 0 atom stereocenters. The topological polar surface area (TPSA) is 61.3 Å². The van der Waals surface area contributed by atoms with E-state index in [0.717, 1.165) is 5.56 Å². The molecule has 0 amide bonds. The van der Waals surface area contributed by atoms with Gasteiger partial charge in [0.05, 0.1) is 11.4 Å². The molecule has 2 rings (SSSR count). The van der Waals surface area contributed by atoms with Gasteiger partial charge in [0, 0.05) is 5.02 Å². The monoisotopic (exact) mass is 300 g/mol. The predicted octanol–water partition coefficient (Wildman–Crippen LogP) is 3.88. The summed E-state index contributed by atoms with van der Waals surface area (Å²) in [6, 6.07) is 8.39. The van der Waals surface area contributed by atoms with E-state index in [4.69, 9.17) is 39.4 Å². The van der Waals surface area contributed by atoms with Crippen molar-refractivity contribution in [3.05, 3.63) is 51.8 Å². The third kappa shape index (κ3) is 3.03. The zero-order valence-electron chi connectivity index (χ0n) is 9.79. The van der Waals surface area contributed by atoms with Crippen molar-refractivity contribution in [3.63, 3.8) is 0 Å². The van der Waals surface area contributed by atoms with Crippen LogP contribution in [0.25, 0.3) is 0 Å². The lowest BCUT2D eigenvalue weighted by Crippen LogP contribution is -2.03. The molecule has 2 aromatic rings. The molecule has 0 aliphatic heterocycles. The van der Waals surface area contributed by atoms with E-state index >= 15 is 0 Å². The van der Waals surface area contributed by atoms with Crippen molar-refractivity contribution < 1.29 is 9.13 Å². The highest BCUT2D eigenvalue weighted by molar-refractivity contribution is 6.33. The number of benzene rings is 2. The number of hydrogen-bond donors (Lipinski definition) is 2. The summed E-state index contributed by atoms with van der Waals surface area (Å²) in [6.45, 7) is 0.127. The Morgan fingerprint density at radius 3 is 2.53 bits per heavy atom. The third-order valence-electron chi connectivity index (χ3n) is 2.49. The lowest BCUT2D eigenvalue weighted by Gasteiger charge is -2.12. The fraction of sp³-hybridized carbons (Fsp3) is 0.0769. The minimum Gasteiger partial charge on any atom is -0.484 e. The molecular weight excluding hydrogens is 290 g/mol. The van der Waals surface area contributed by atoms with Gasteiger partial charge in [0.1, 0.15) is 11.6 Å². The first kappa shape index (κ1) is 13.8. The minimum absolute atomic E-state index is 0.0757. The molecule has 0 spiro atoms. The maximum absolute atomic E-state index is 13.9. The van der Waals surface area contributed by atoms with Crippen molar-refractivity contribution in [1.82, 2.24) is 0 Å². The summed E-state index contributed by atoms with van der Waals surface area (Å²) in [6.07, 6.45) is 0. The number of ether oxygens (including phenoxy) is 1. The standard InChI is InChI=1S/C13H11Cl2FN2O/c14-8-3-1-2-7(4-8)6-19-13-10(18)5-9(17)11(15)12(13)16/h1-5H,6,17-18H2. The molecule has 0 aliphatic carbocycles. The molecule has 6 heteroatoms. The highest BCUT2D eigenvalue weighted by atomic mass is 35.5. The van der Waals surface area contributed by atoms with Crippen molar-refractivity contribution in [2.45, 2.75) is 6.61 Å². The lowest BCUT2D eigenvalue weighted by atomic mass is 10.2. The van der Waals surface area contributed by atoms with Gasteiger partial charge in [-0.2, -0.15) is 0 Å². The molecule has 0 bridgehead atoms. The van der Waals surface area contributed by atoms with Gasteiger partial charge in [0.25, 0.3) is 0 Å². The van der Waals surface area contributed by atoms with Crippen LogP contribution in [0.4, 0.5) is 15.8 Å². The van der Waals surface area contributed by atoms with Crippen molar-refractivity contribution >= 4 is 34.6 Å². The smallest absolute Gasteiger partial charge is 0.187 e. The summed E-state index contributed by atoms with van der Waals surface area (Å²) >= 11 is 11.5. The second-order valence-corrected chi connectivity index (χ2v) is 4.75. The molecule has 3 nitrogen and oxygen atoms in total. The molecular formula is C13H11Cl2FN2O. The SMILES string of the molecule is Nc1cc(N)c(OCc2cccc(Cl)c2)c(F)c1Cl. The minimum atomic E-state index is -0.763. The van der Waals surface area contributed by atoms with Gasteiger partial charge >= 0.3 is 0 Å². The van der Waals surface area contributed by atoms with Crippen molar-refractivity contribution in [2.24, 2.45) is 0 Å². The number of rotatable bonds is 3. The summed E-state index contributed by atoms with van der Waals surface area (Å²) in [7, 11) is 0. The number of halogens is 3. The average Bonchev–Trinajstić information content (AvgIpc) is 2.36. The molecule has 0 aromatic heterocycles. The van der Waals surface area contributed by atoms with Gasteiger partial charge in [-0.05, 0) is 23.8 Å². The van der Waals surface area contributed by atoms with Crippen LogP contribution in [0, 0.1) is 5.82 Å². The number of nitrogens with two attached hydrogens (primary N) is 2. The maximum atomic E-state index is 13.9. The van der Waals surface area contributed by atoms with Crippen LogP contribution in [0.2, 0.25) is 10.0 Å². The van der Waals surface area contributed by atoms with E-state index in [9.17, 15) is 4.39 Å². The van der Waals surface area contributed by atoms with E-state index in [1.807, 2.05) is 0 Å². The fourth-order valence-electron chi connectivity index (χ4n) is 1.58. The zero-order chi connectivity index (χ0) is 14.0. The molecule has 0 radical (unpaired) electrons. The Balaban J connectivity index is 2.23. The van der Waals surface area contributed by atoms with E-state index in [1.165, 1.54) is 6.07 Å². The van der Waals surface area contributed by atoms with Gasteiger partial charge in [-0.3, -0.25) is 0 Å². The van der Waals surface area contributed by atoms with Crippen LogP contribution in [-0.2, 0) is 6.61 Å². The molecule has 0 unspecified atom stereocenters. The van der Waals surface area contributed by atoms with E-state index in [2.05, 4.69) is 0 Å². The summed E-state index contributed by atoms with van der Waals surface area (Å²) in [5, 5.41) is 0.375. The predicted molar refractivity (Wildman–Crippen MR) is 76.0 cm³/mol. The third-order valence-corrected chi connectivity index (χ3v) is 3.11. The van der Waals surface area contributed by atoms with Crippen LogP contribution < -0.4 is 16.2 Å². The lowest BCUT2D eigenvalue weighted by molar-refractivity contribution is 0.292. The fourth-order valence-corrected chi connectivity index (χ4v) is 1.93. The summed E-state index contributed by atoms with van der Waals surface area (Å²) in [5.74, 6) is -0.875. The van der Waals surface area contributed by atoms with Gasteiger partial charge in [0.15, 0.2) is 11.6 Å². The van der Waals surface area contributed by atoms with Gasteiger partial charge in [-0.15, -0.1) is 0 Å². The number of nitrogen functional groups attached to an aromatic ring is 2. The Kier molecular flexibility index (Phi) is 4.02. The Hall–Kier alpha value is -1.65. The molecule has 0 fully saturated rings. The molecule has 4 N–H and O–H groups in total. The first-order valence-electron chi connectivity index (χ1n) is 5.39. The van der Waals surface area contributed by atoms with Crippen molar-refractivity contribution in [2.75, 3.05) is 11.5 Å². The molecule has 0 aliphatic rings. The molecule has 0 saturated heterocycles. The van der Waals surface area contributed by atoms with Gasteiger partial charge in [-0.25, -0.2) is 4.39 Å². The van der Waals surface area contributed by atoms with Crippen molar-refractivity contribution in [1.29, 1.82) is 0 Å². The van der Waals surface area contributed by atoms with Gasteiger partial charge < -0.3 is 16.2 Å². The van der Waals surface area contributed by atoms with Gasteiger partial charge in [-0.1, -0.05) is 35.3 Å². The van der Waals surface area contributed by atoms with E-state index < -0.39 is 5.82 Å². The Labute approximate surface area is 119 Å². The molecule has 2 aromatic carbocycles. The molecule has 0 saturated carbocycles. The van der Waals surface area contributed by atoms with Gasteiger partial charge in [0.2, 0.25) is 0 Å². The van der Waals surface area contributed by atoms with E-state index in [1.54, 1.807) is 24.3 Å². The zero-order valence-corrected chi connectivity index (χ0v) is 11.3. The Morgan fingerprint density at radius 2 is 1.84 bits per heavy atom. The summed E-state index contributed by atoms with van der Waals surface area (Å²) in [5.41, 5.74) is 12.1. The van der Waals surface area contributed by atoms with Crippen LogP contribution in [0.5, 0.6) is 5.75 Å². The van der Waals surface area contributed by atoms with Crippen molar-refractivity contribution in [3.8, 4) is 5.75 Å². The first-order chi connectivity index (χ1) is 8.99. The van der Waals surface area contributed by atoms with E-state index in [0.29, 0.717) is 5.02 Å². The highest BCUT2D eigenvalue weighted by Crippen LogP contribution is 2.35. The van der Waals surface area contributed by atoms with Crippen LogP contribution in [0.15, 0.2) is 30.3 Å². The Morgan fingerprint density at radius 1 is 1.11 bits per heavy atom. The summed E-state index contributed by atoms with van der Waals surface area (Å²) < 4.78 is 19.2. The maximum Gasteiger partial charge on any atom is 0.187 e. The second-order valence-electron chi connectivity index (χ2n) is 3.93. The number of anilines is 2. The van der Waals surface area contributed by atoms with Crippen LogP contribution in [0.3, 0.4) is 0 Å². The van der Waals surface area contributed by atoms with Crippen LogP contribution in [-0.4, -0.2) is 0 Å². The number of hydrogen-bond acceptors (Lipinski definition) is 3.